The molecule has 2 nitrogen and oxygen atoms in total. The largest absolute Gasteiger partial charge is 0.361 e. The van der Waals surface area contributed by atoms with Gasteiger partial charge in [0.05, 0.1) is 0 Å². The van der Waals surface area contributed by atoms with Crippen LogP contribution in [-0.4, -0.2) is 15.9 Å². The fourth-order valence-electron chi connectivity index (χ4n) is 1.57. The number of fused-ring (bicyclic) bond motifs is 1. The summed E-state index contributed by atoms with van der Waals surface area (Å²) in [4.78, 5) is 14.0. The molecule has 0 saturated carbocycles. The number of thioether (sulfide) groups is 1. The molecule has 3 heteroatoms. The number of nitrogens with one attached hydrogen (secondary N) is 1. The Bertz CT molecular complexity index is 527. The Labute approximate surface area is 98.7 Å². The molecular formula is C13H13NOS. The lowest BCUT2D eigenvalue weighted by Crippen LogP contribution is -1.81. The molecule has 0 unspecified atom stereocenters. The third-order valence-corrected chi connectivity index (χ3v) is 3.07. The molecule has 1 aromatic heterocycles. The number of rotatable bonds is 3. The predicted molar refractivity (Wildman–Crippen MR) is 70.5 cm³/mol. The zero-order chi connectivity index (χ0) is 11.4. The summed E-state index contributed by atoms with van der Waals surface area (Å²) >= 11 is 1.32. The van der Waals surface area contributed by atoms with Crippen molar-refractivity contribution in [2.45, 2.75) is 6.92 Å². The second-order valence-corrected chi connectivity index (χ2v) is 4.69. The van der Waals surface area contributed by atoms with E-state index in [1.807, 2.05) is 24.4 Å². The maximum atomic E-state index is 10.7. The van der Waals surface area contributed by atoms with Gasteiger partial charge in [-0.15, -0.1) is 0 Å². The molecule has 2 aromatic rings. The SMILES string of the molecule is CC(=O)SCC=Cc1c[nH]c2ccccc12. The van der Waals surface area contributed by atoms with Gasteiger partial charge in [0.15, 0.2) is 5.12 Å². The number of H-pyrrole nitrogens is 1. The van der Waals surface area contributed by atoms with Crippen molar-refractivity contribution in [3.8, 4) is 0 Å². The van der Waals surface area contributed by atoms with Gasteiger partial charge in [-0.1, -0.05) is 42.1 Å². The lowest BCUT2D eigenvalue weighted by molar-refractivity contribution is -0.109. The van der Waals surface area contributed by atoms with Crippen LogP contribution in [0.15, 0.2) is 36.5 Å². The zero-order valence-corrected chi connectivity index (χ0v) is 9.88. The summed E-state index contributed by atoms with van der Waals surface area (Å²) in [7, 11) is 0. The first-order valence-corrected chi connectivity index (χ1v) is 6.12. The minimum atomic E-state index is 0.156. The van der Waals surface area contributed by atoms with Crippen molar-refractivity contribution < 1.29 is 4.79 Å². The van der Waals surface area contributed by atoms with Crippen LogP contribution >= 0.6 is 11.8 Å². The van der Waals surface area contributed by atoms with Crippen molar-refractivity contribution >= 4 is 33.9 Å². The lowest BCUT2D eigenvalue weighted by atomic mass is 10.2. The van der Waals surface area contributed by atoms with Gasteiger partial charge in [-0.05, 0) is 11.6 Å². The average molecular weight is 231 g/mol. The predicted octanol–water partition coefficient (Wildman–Crippen LogP) is 3.46. The van der Waals surface area contributed by atoms with E-state index < -0.39 is 0 Å². The monoisotopic (exact) mass is 231 g/mol. The van der Waals surface area contributed by atoms with E-state index in [9.17, 15) is 4.79 Å². The molecule has 0 aliphatic heterocycles. The van der Waals surface area contributed by atoms with Gasteiger partial charge < -0.3 is 4.98 Å². The standard InChI is InChI=1S/C13H13NOS/c1-10(15)16-8-4-5-11-9-14-13-7-3-2-6-12(11)13/h2-7,9,14H,8H2,1H3. The summed E-state index contributed by atoms with van der Waals surface area (Å²) in [6.07, 6.45) is 6.05. The van der Waals surface area contributed by atoms with E-state index >= 15 is 0 Å². The van der Waals surface area contributed by atoms with E-state index in [0.29, 0.717) is 0 Å². The van der Waals surface area contributed by atoms with Crippen molar-refractivity contribution in [3.05, 3.63) is 42.1 Å². The number of carbonyl (C=O) groups excluding carboxylic acids is 1. The Hall–Kier alpha value is -1.48. The van der Waals surface area contributed by atoms with Crippen molar-refractivity contribution in [2.75, 3.05) is 5.75 Å². The van der Waals surface area contributed by atoms with Crippen LogP contribution in [0.3, 0.4) is 0 Å². The Kier molecular flexibility index (Phi) is 3.47. The molecule has 82 valence electrons. The number of aromatic amines is 1. The molecule has 0 fully saturated rings. The van der Waals surface area contributed by atoms with E-state index in [1.54, 1.807) is 6.92 Å². The Morgan fingerprint density at radius 1 is 1.44 bits per heavy atom. The highest BCUT2D eigenvalue weighted by atomic mass is 32.2. The van der Waals surface area contributed by atoms with Gasteiger partial charge in [0.25, 0.3) is 0 Å². The van der Waals surface area contributed by atoms with Crippen LogP contribution in [0, 0.1) is 0 Å². The van der Waals surface area contributed by atoms with Gasteiger partial charge in [0, 0.05) is 29.8 Å². The smallest absolute Gasteiger partial charge is 0.186 e. The Morgan fingerprint density at radius 2 is 2.25 bits per heavy atom. The van der Waals surface area contributed by atoms with E-state index in [-0.39, 0.29) is 5.12 Å². The number of hydrogen-bond donors (Lipinski definition) is 1. The molecule has 1 heterocycles. The summed E-state index contributed by atoms with van der Waals surface area (Å²) in [5.74, 6) is 0.731. The fourth-order valence-corrected chi connectivity index (χ4v) is 2.00. The third kappa shape index (κ3) is 2.55. The summed E-state index contributed by atoms with van der Waals surface area (Å²) in [5, 5.41) is 1.37. The first-order chi connectivity index (χ1) is 7.77. The van der Waals surface area contributed by atoms with Crippen molar-refractivity contribution in [1.29, 1.82) is 0 Å². The number of aromatic nitrogens is 1. The highest BCUT2D eigenvalue weighted by Gasteiger charge is 1.98. The highest BCUT2D eigenvalue weighted by molar-refractivity contribution is 8.13. The molecule has 1 N–H and O–H groups in total. The topological polar surface area (TPSA) is 32.9 Å². The first kappa shape index (κ1) is 11.0. The summed E-state index contributed by atoms with van der Waals surface area (Å²) in [6, 6.07) is 8.18. The van der Waals surface area contributed by atoms with E-state index in [0.717, 1.165) is 11.3 Å². The van der Waals surface area contributed by atoms with E-state index in [1.165, 1.54) is 22.7 Å². The van der Waals surface area contributed by atoms with Crippen LogP contribution in [0.4, 0.5) is 0 Å². The maximum absolute atomic E-state index is 10.7. The molecular weight excluding hydrogens is 218 g/mol. The molecule has 0 aliphatic carbocycles. The summed E-state index contributed by atoms with van der Waals surface area (Å²) < 4.78 is 0. The number of hydrogen-bond acceptors (Lipinski definition) is 2. The molecule has 1 aromatic carbocycles. The Balaban J connectivity index is 2.12. The number of para-hydroxylation sites is 1. The normalized spacial score (nSPS) is 11.3. The van der Waals surface area contributed by atoms with Crippen molar-refractivity contribution in [1.82, 2.24) is 4.98 Å². The fraction of sp³-hybridized carbons (Fsp3) is 0.154. The van der Waals surface area contributed by atoms with Gasteiger partial charge in [-0.3, -0.25) is 4.79 Å². The van der Waals surface area contributed by atoms with Crippen LogP contribution in [0.2, 0.25) is 0 Å². The highest BCUT2D eigenvalue weighted by Crippen LogP contribution is 2.19. The van der Waals surface area contributed by atoms with Crippen LogP contribution in [0.5, 0.6) is 0 Å². The lowest BCUT2D eigenvalue weighted by Gasteiger charge is -1.91. The van der Waals surface area contributed by atoms with Crippen LogP contribution < -0.4 is 0 Å². The minimum absolute atomic E-state index is 0.156. The number of benzene rings is 1. The van der Waals surface area contributed by atoms with Crippen LogP contribution in [0.1, 0.15) is 12.5 Å². The van der Waals surface area contributed by atoms with E-state index in [2.05, 4.69) is 23.2 Å². The quantitative estimate of drug-likeness (QED) is 0.877. The van der Waals surface area contributed by atoms with Crippen molar-refractivity contribution in [2.24, 2.45) is 0 Å². The molecule has 0 aliphatic rings. The zero-order valence-electron chi connectivity index (χ0n) is 9.07. The molecule has 0 spiro atoms. The maximum Gasteiger partial charge on any atom is 0.186 e. The van der Waals surface area contributed by atoms with Crippen molar-refractivity contribution in [3.63, 3.8) is 0 Å². The summed E-state index contributed by atoms with van der Waals surface area (Å²) in [5.41, 5.74) is 2.31. The molecule has 16 heavy (non-hydrogen) atoms. The molecule has 0 amide bonds. The van der Waals surface area contributed by atoms with Gasteiger partial charge >= 0.3 is 0 Å². The van der Waals surface area contributed by atoms with E-state index in [4.69, 9.17) is 0 Å². The second kappa shape index (κ2) is 5.03. The van der Waals surface area contributed by atoms with Gasteiger partial charge in [0.2, 0.25) is 0 Å². The molecule has 2 rings (SSSR count). The summed E-state index contributed by atoms with van der Waals surface area (Å²) in [6.45, 7) is 1.59. The number of carbonyl (C=O) groups is 1. The first-order valence-electron chi connectivity index (χ1n) is 5.13. The van der Waals surface area contributed by atoms with Gasteiger partial charge in [0.1, 0.15) is 0 Å². The average Bonchev–Trinajstić information content (AvgIpc) is 2.68. The third-order valence-electron chi connectivity index (χ3n) is 2.30. The molecule has 0 bridgehead atoms. The van der Waals surface area contributed by atoms with Crippen LogP contribution in [-0.2, 0) is 4.79 Å². The molecule has 0 saturated heterocycles. The molecule has 0 atom stereocenters. The molecule has 0 radical (unpaired) electrons. The Morgan fingerprint density at radius 3 is 3.06 bits per heavy atom. The van der Waals surface area contributed by atoms with Gasteiger partial charge in [-0.2, -0.15) is 0 Å². The van der Waals surface area contributed by atoms with Crippen LogP contribution in [0.25, 0.3) is 17.0 Å². The second-order valence-electron chi connectivity index (χ2n) is 3.49. The minimum Gasteiger partial charge on any atom is -0.361 e. The van der Waals surface area contributed by atoms with Gasteiger partial charge in [-0.25, -0.2) is 0 Å².